The molecule has 0 spiro atoms. The summed E-state index contributed by atoms with van der Waals surface area (Å²) >= 11 is 0. The Balaban J connectivity index is 1.92. The first-order valence-corrected chi connectivity index (χ1v) is 7.23. The van der Waals surface area contributed by atoms with Crippen LogP contribution in [0.25, 0.3) is 0 Å². The molecule has 1 aromatic heterocycles. The molecular weight excluding hydrogens is 343 g/mol. The molecule has 0 aliphatic heterocycles. The monoisotopic (exact) mass is 359 g/mol. The highest BCUT2D eigenvalue weighted by Gasteiger charge is 2.29. The summed E-state index contributed by atoms with van der Waals surface area (Å²) in [5, 5.41) is 5.99. The van der Waals surface area contributed by atoms with E-state index in [1.807, 2.05) is 0 Å². The normalized spacial score (nSPS) is 11.2. The summed E-state index contributed by atoms with van der Waals surface area (Å²) in [5.41, 5.74) is 0.702. The number of nitrogens with zero attached hydrogens (tertiary/aromatic N) is 2. The lowest BCUT2D eigenvalue weighted by atomic mass is 10.1. The lowest BCUT2D eigenvalue weighted by Gasteiger charge is -2.13. The smallest absolute Gasteiger partial charge is 0.422 e. The number of alkyl halides is 3. The highest BCUT2D eigenvalue weighted by atomic mass is 19.4. The second kappa shape index (κ2) is 7.86. The van der Waals surface area contributed by atoms with Crippen molar-refractivity contribution in [2.45, 2.75) is 25.9 Å². The van der Waals surface area contributed by atoms with Gasteiger partial charge in [-0.2, -0.15) is 18.2 Å². The van der Waals surface area contributed by atoms with Crippen molar-refractivity contribution in [1.29, 1.82) is 0 Å². The van der Waals surface area contributed by atoms with Crippen LogP contribution in [0.15, 0.2) is 22.7 Å². The van der Waals surface area contributed by atoms with Crippen LogP contribution in [0.4, 0.5) is 19.2 Å². The molecule has 0 saturated carbocycles. The number of hydrogen-bond donors (Lipinski definition) is 1. The molecule has 0 atom stereocenters. The number of aryl methyl sites for hydroxylation is 2. The predicted octanol–water partition coefficient (Wildman–Crippen LogP) is 2.90. The standard InChI is InChI=1S/C15H16F3N3O4/c1-9-19-14(25-21-9)20-13(22)6-4-10-3-5-11(12(7-10)23-2)24-8-15(16,17)18/h3,5,7H,4,6,8H2,1-2H3,(H,19,20,21,22). The molecule has 7 nitrogen and oxygen atoms in total. The molecule has 0 fully saturated rings. The van der Waals surface area contributed by atoms with Gasteiger partial charge in [-0.25, -0.2) is 0 Å². The van der Waals surface area contributed by atoms with Gasteiger partial charge in [0.25, 0.3) is 0 Å². The number of amides is 1. The van der Waals surface area contributed by atoms with Gasteiger partial charge in [-0.1, -0.05) is 11.2 Å². The quantitative estimate of drug-likeness (QED) is 0.818. The highest BCUT2D eigenvalue weighted by Crippen LogP contribution is 2.30. The van der Waals surface area contributed by atoms with Gasteiger partial charge in [-0.15, -0.1) is 0 Å². The van der Waals surface area contributed by atoms with Crippen molar-refractivity contribution < 1.29 is 32.0 Å². The van der Waals surface area contributed by atoms with E-state index in [1.54, 1.807) is 13.0 Å². The summed E-state index contributed by atoms with van der Waals surface area (Å²) in [6.07, 6.45) is -3.98. The van der Waals surface area contributed by atoms with Gasteiger partial charge >= 0.3 is 12.2 Å². The van der Waals surface area contributed by atoms with E-state index in [0.29, 0.717) is 17.8 Å². The van der Waals surface area contributed by atoms with Crippen LogP contribution in [0.2, 0.25) is 0 Å². The molecule has 1 aromatic carbocycles. The van der Waals surface area contributed by atoms with E-state index in [9.17, 15) is 18.0 Å². The second-order valence-electron chi connectivity index (χ2n) is 5.08. The van der Waals surface area contributed by atoms with Crippen LogP contribution in [-0.4, -0.2) is 35.9 Å². The Morgan fingerprint density at radius 1 is 1.32 bits per heavy atom. The lowest BCUT2D eigenvalue weighted by Crippen LogP contribution is -2.19. The van der Waals surface area contributed by atoms with E-state index in [-0.39, 0.29) is 29.8 Å². The van der Waals surface area contributed by atoms with E-state index in [1.165, 1.54) is 19.2 Å². The minimum absolute atomic E-state index is 0.0102. The Morgan fingerprint density at radius 3 is 2.68 bits per heavy atom. The van der Waals surface area contributed by atoms with Gasteiger partial charge in [0.15, 0.2) is 23.9 Å². The van der Waals surface area contributed by atoms with Crippen molar-refractivity contribution in [3.8, 4) is 11.5 Å². The zero-order valence-electron chi connectivity index (χ0n) is 13.5. The molecule has 2 rings (SSSR count). The van der Waals surface area contributed by atoms with Crippen LogP contribution >= 0.6 is 0 Å². The molecule has 0 unspecified atom stereocenters. The molecule has 2 aromatic rings. The average Bonchev–Trinajstić information content (AvgIpc) is 2.95. The van der Waals surface area contributed by atoms with E-state index < -0.39 is 12.8 Å². The van der Waals surface area contributed by atoms with E-state index in [4.69, 9.17) is 14.0 Å². The van der Waals surface area contributed by atoms with Crippen LogP contribution in [0.3, 0.4) is 0 Å². The Morgan fingerprint density at radius 2 is 2.08 bits per heavy atom. The van der Waals surface area contributed by atoms with E-state index in [2.05, 4.69) is 15.5 Å². The molecule has 0 bridgehead atoms. The SMILES string of the molecule is COc1cc(CCC(=O)Nc2nc(C)no2)ccc1OCC(F)(F)F. The molecule has 0 aliphatic rings. The van der Waals surface area contributed by atoms with Gasteiger partial charge in [-0.3, -0.25) is 10.1 Å². The molecule has 0 aliphatic carbocycles. The number of anilines is 1. The maximum Gasteiger partial charge on any atom is 0.422 e. The number of ether oxygens (including phenoxy) is 2. The van der Waals surface area contributed by atoms with Crippen LogP contribution in [-0.2, 0) is 11.2 Å². The van der Waals surface area contributed by atoms with Gasteiger partial charge in [0.1, 0.15) is 0 Å². The van der Waals surface area contributed by atoms with Crippen molar-refractivity contribution in [3.63, 3.8) is 0 Å². The zero-order valence-corrected chi connectivity index (χ0v) is 13.5. The van der Waals surface area contributed by atoms with Gasteiger partial charge < -0.3 is 14.0 Å². The van der Waals surface area contributed by atoms with E-state index >= 15 is 0 Å². The first-order valence-electron chi connectivity index (χ1n) is 7.23. The number of methoxy groups -OCH3 is 1. The summed E-state index contributed by atoms with van der Waals surface area (Å²) in [4.78, 5) is 15.7. The Labute approximate surface area is 141 Å². The number of carbonyl (C=O) groups is 1. The molecule has 25 heavy (non-hydrogen) atoms. The second-order valence-corrected chi connectivity index (χ2v) is 5.08. The number of nitrogens with one attached hydrogen (secondary N) is 1. The lowest BCUT2D eigenvalue weighted by molar-refractivity contribution is -0.153. The molecule has 10 heteroatoms. The Bertz CT molecular complexity index is 731. The van der Waals surface area contributed by atoms with Gasteiger partial charge in [0, 0.05) is 6.42 Å². The molecule has 0 radical (unpaired) electrons. The zero-order chi connectivity index (χ0) is 18.4. The molecule has 136 valence electrons. The maximum atomic E-state index is 12.2. The van der Waals surface area contributed by atoms with Gasteiger partial charge in [-0.05, 0) is 31.0 Å². The maximum absolute atomic E-state index is 12.2. The van der Waals surface area contributed by atoms with Crippen molar-refractivity contribution in [2.75, 3.05) is 19.0 Å². The van der Waals surface area contributed by atoms with Crippen molar-refractivity contribution in [2.24, 2.45) is 0 Å². The van der Waals surface area contributed by atoms with Crippen LogP contribution < -0.4 is 14.8 Å². The minimum Gasteiger partial charge on any atom is -0.493 e. The number of carbonyl (C=O) groups excluding carboxylic acids is 1. The van der Waals surface area contributed by atoms with Crippen LogP contribution in [0.5, 0.6) is 11.5 Å². The van der Waals surface area contributed by atoms with Crippen molar-refractivity contribution >= 4 is 11.9 Å². The predicted molar refractivity (Wildman–Crippen MR) is 80.5 cm³/mol. The van der Waals surface area contributed by atoms with Gasteiger partial charge in [0.05, 0.1) is 7.11 Å². The summed E-state index contributed by atoms with van der Waals surface area (Å²) < 4.78 is 51.2. The Kier molecular flexibility index (Phi) is 5.84. The van der Waals surface area contributed by atoms with Crippen molar-refractivity contribution in [3.05, 3.63) is 29.6 Å². The third-order valence-electron chi connectivity index (χ3n) is 3.03. The van der Waals surface area contributed by atoms with Crippen LogP contribution in [0, 0.1) is 6.92 Å². The van der Waals surface area contributed by atoms with Gasteiger partial charge in [0.2, 0.25) is 5.91 Å². The summed E-state index contributed by atoms with van der Waals surface area (Å²) in [6, 6.07) is 4.48. The fraction of sp³-hybridized carbons (Fsp3) is 0.400. The largest absolute Gasteiger partial charge is 0.493 e. The molecule has 1 amide bonds. The number of hydrogen-bond acceptors (Lipinski definition) is 6. The Hall–Kier alpha value is -2.78. The topological polar surface area (TPSA) is 86.5 Å². The summed E-state index contributed by atoms with van der Waals surface area (Å²) in [5.74, 6) is 0.207. The average molecular weight is 359 g/mol. The number of benzene rings is 1. The highest BCUT2D eigenvalue weighted by molar-refractivity contribution is 5.88. The molecule has 1 heterocycles. The molecule has 0 saturated heterocycles. The fourth-order valence-corrected chi connectivity index (χ4v) is 1.93. The summed E-state index contributed by atoms with van der Waals surface area (Å²) in [7, 11) is 1.32. The summed E-state index contributed by atoms with van der Waals surface area (Å²) in [6.45, 7) is 0.211. The number of halogens is 3. The number of aromatic nitrogens is 2. The minimum atomic E-state index is -4.44. The first kappa shape index (κ1) is 18.6. The third kappa shape index (κ3) is 5.98. The number of rotatable bonds is 7. The molecule has 1 N–H and O–H groups in total. The third-order valence-corrected chi connectivity index (χ3v) is 3.03. The first-order chi connectivity index (χ1) is 11.8. The molecular formula is C15H16F3N3O4. The fourth-order valence-electron chi connectivity index (χ4n) is 1.93. The van der Waals surface area contributed by atoms with E-state index in [0.717, 1.165) is 0 Å². The van der Waals surface area contributed by atoms with Crippen molar-refractivity contribution in [1.82, 2.24) is 10.1 Å². The van der Waals surface area contributed by atoms with Crippen LogP contribution in [0.1, 0.15) is 17.8 Å².